The van der Waals surface area contributed by atoms with Crippen LogP contribution in [-0.2, 0) is 0 Å². The van der Waals surface area contributed by atoms with Gasteiger partial charge in [-0.15, -0.1) is 0 Å². The first kappa shape index (κ1) is 6.95. The van der Waals surface area contributed by atoms with Gasteiger partial charge in [-0.1, -0.05) is 13.8 Å². The van der Waals surface area contributed by atoms with E-state index in [1.807, 2.05) is 0 Å². The molecule has 1 aliphatic heterocycles. The maximum Gasteiger partial charge on any atom is 0.126 e. The van der Waals surface area contributed by atoms with Crippen LogP contribution in [0.4, 0.5) is 0 Å². The van der Waals surface area contributed by atoms with Crippen molar-refractivity contribution in [2.45, 2.75) is 26.3 Å². The van der Waals surface area contributed by atoms with Crippen LogP contribution in [0.1, 0.15) is 13.8 Å². The normalized spacial score (nSPS) is 41.3. The van der Waals surface area contributed by atoms with E-state index in [9.17, 15) is 0 Å². The Morgan fingerprint density at radius 2 is 1.44 bits per heavy atom. The lowest BCUT2D eigenvalue weighted by atomic mass is 9.91. The Balaban J connectivity index is 2.66. The summed E-state index contributed by atoms with van der Waals surface area (Å²) in [6, 6.07) is 0. The Labute approximate surface area is 53.9 Å². The van der Waals surface area contributed by atoms with Gasteiger partial charge in [-0.05, 0) is 0 Å². The highest BCUT2D eigenvalue weighted by molar-refractivity contribution is 4.86. The minimum Gasteiger partial charge on any atom is -0.377 e. The van der Waals surface area contributed by atoms with Gasteiger partial charge in [0.25, 0.3) is 0 Å². The molecule has 2 unspecified atom stereocenters. The average Bonchev–Trinajstić information content (AvgIpc) is 1.96. The molecule has 1 saturated heterocycles. The Bertz CT molecular complexity index is 104. The monoisotopic (exact) mass is 132 g/mol. The Kier molecular flexibility index (Phi) is 1.48. The van der Waals surface area contributed by atoms with Gasteiger partial charge in [0, 0.05) is 5.41 Å². The maximum atomic E-state index is 9.09. The molecule has 4 N–H and O–H groups in total. The van der Waals surface area contributed by atoms with Crippen LogP contribution < -0.4 is 10.9 Å². The zero-order chi connectivity index (χ0) is 7.07. The maximum absolute atomic E-state index is 9.09. The molecule has 4 nitrogen and oxygen atoms in total. The third-order valence-electron chi connectivity index (χ3n) is 1.77. The molecule has 2 atom stereocenters. The summed E-state index contributed by atoms with van der Waals surface area (Å²) in [5.74, 6) is 0. The predicted molar refractivity (Wildman–Crippen MR) is 32.1 cm³/mol. The van der Waals surface area contributed by atoms with Gasteiger partial charge in [-0.25, -0.2) is 10.9 Å². The van der Waals surface area contributed by atoms with Gasteiger partial charge < -0.3 is 10.2 Å². The lowest BCUT2D eigenvalue weighted by molar-refractivity contribution is -0.00513. The van der Waals surface area contributed by atoms with Gasteiger partial charge in [0.15, 0.2) is 0 Å². The summed E-state index contributed by atoms with van der Waals surface area (Å²) in [7, 11) is 0. The lowest BCUT2D eigenvalue weighted by Gasteiger charge is -2.23. The molecule has 0 aliphatic carbocycles. The first-order valence-electron chi connectivity index (χ1n) is 2.92. The second kappa shape index (κ2) is 1.91. The van der Waals surface area contributed by atoms with Crippen molar-refractivity contribution in [2.75, 3.05) is 0 Å². The molecule has 9 heavy (non-hydrogen) atoms. The molecule has 0 aromatic carbocycles. The molecule has 1 fully saturated rings. The van der Waals surface area contributed by atoms with Gasteiger partial charge in [0.2, 0.25) is 0 Å². The summed E-state index contributed by atoms with van der Waals surface area (Å²) in [4.78, 5) is 0. The summed E-state index contributed by atoms with van der Waals surface area (Å²) in [5.41, 5.74) is 4.53. The first-order chi connectivity index (χ1) is 4.05. The van der Waals surface area contributed by atoms with Crippen molar-refractivity contribution in [1.82, 2.24) is 10.9 Å². The highest BCUT2D eigenvalue weighted by Gasteiger charge is 2.40. The van der Waals surface area contributed by atoms with Gasteiger partial charge in [-0.2, -0.15) is 0 Å². The van der Waals surface area contributed by atoms with Crippen molar-refractivity contribution >= 4 is 0 Å². The molecular weight excluding hydrogens is 120 g/mol. The van der Waals surface area contributed by atoms with Crippen LogP contribution in [-0.4, -0.2) is 22.7 Å². The number of rotatable bonds is 0. The smallest absolute Gasteiger partial charge is 0.126 e. The number of hydrogen-bond acceptors (Lipinski definition) is 4. The summed E-state index contributed by atoms with van der Waals surface area (Å²) in [6.07, 6.45) is -1.35. The molecule has 0 aromatic heterocycles. The molecule has 4 heteroatoms. The Morgan fingerprint density at radius 3 is 1.56 bits per heavy atom. The number of hydrogen-bond donors (Lipinski definition) is 4. The number of aliphatic hydroxyl groups excluding tert-OH is 2. The van der Waals surface area contributed by atoms with Crippen molar-refractivity contribution in [3.05, 3.63) is 0 Å². The summed E-state index contributed by atoms with van der Waals surface area (Å²) in [5, 5.41) is 18.2. The van der Waals surface area contributed by atoms with Gasteiger partial charge >= 0.3 is 0 Å². The Morgan fingerprint density at radius 1 is 1.11 bits per heavy atom. The molecule has 1 heterocycles. The second-order valence-corrected chi connectivity index (χ2v) is 2.92. The van der Waals surface area contributed by atoms with E-state index in [4.69, 9.17) is 10.2 Å². The molecule has 1 rings (SSSR count). The van der Waals surface area contributed by atoms with Crippen LogP contribution in [0.2, 0.25) is 0 Å². The standard InChI is InChI=1S/C5H12N2O2/c1-5(2)3(8)6-7-4(5)9/h3-4,6-9H,1-2H3. The number of hydrazine groups is 1. The fourth-order valence-electron chi connectivity index (χ4n) is 0.679. The van der Waals surface area contributed by atoms with Crippen molar-refractivity contribution in [2.24, 2.45) is 5.41 Å². The topological polar surface area (TPSA) is 64.5 Å². The number of aliphatic hydroxyl groups is 2. The van der Waals surface area contributed by atoms with Crippen molar-refractivity contribution in [1.29, 1.82) is 0 Å². The summed E-state index contributed by atoms with van der Waals surface area (Å²) < 4.78 is 0. The fourth-order valence-corrected chi connectivity index (χ4v) is 0.679. The molecular formula is C5H12N2O2. The van der Waals surface area contributed by atoms with Crippen LogP contribution in [0, 0.1) is 5.41 Å². The zero-order valence-corrected chi connectivity index (χ0v) is 5.55. The Hall–Kier alpha value is -0.160. The van der Waals surface area contributed by atoms with Gasteiger partial charge in [0.1, 0.15) is 12.5 Å². The van der Waals surface area contributed by atoms with Crippen LogP contribution in [0.5, 0.6) is 0 Å². The zero-order valence-electron chi connectivity index (χ0n) is 5.55. The van der Waals surface area contributed by atoms with Gasteiger partial charge in [0.05, 0.1) is 0 Å². The van der Waals surface area contributed by atoms with E-state index in [1.54, 1.807) is 13.8 Å². The van der Waals surface area contributed by atoms with Crippen LogP contribution in [0.3, 0.4) is 0 Å². The van der Waals surface area contributed by atoms with E-state index in [-0.39, 0.29) is 0 Å². The van der Waals surface area contributed by atoms with Crippen molar-refractivity contribution < 1.29 is 10.2 Å². The molecule has 0 bridgehead atoms. The summed E-state index contributed by atoms with van der Waals surface area (Å²) in [6.45, 7) is 3.55. The van der Waals surface area contributed by atoms with E-state index in [0.29, 0.717) is 0 Å². The largest absolute Gasteiger partial charge is 0.377 e. The molecule has 0 aromatic rings. The highest BCUT2D eigenvalue weighted by Crippen LogP contribution is 2.25. The fraction of sp³-hybridized carbons (Fsp3) is 1.00. The second-order valence-electron chi connectivity index (χ2n) is 2.92. The van der Waals surface area contributed by atoms with Crippen LogP contribution >= 0.6 is 0 Å². The first-order valence-corrected chi connectivity index (χ1v) is 2.92. The van der Waals surface area contributed by atoms with Crippen LogP contribution in [0.15, 0.2) is 0 Å². The highest BCUT2D eigenvalue weighted by atomic mass is 16.3. The summed E-state index contributed by atoms with van der Waals surface area (Å²) >= 11 is 0. The van der Waals surface area contributed by atoms with Gasteiger partial charge in [-0.3, -0.25) is 0 Å². The van der Waals surface area contributed by atoms with E-state index in [2.05, 4.69) is 10.9 Å². The number of nitrogens with one attached hydrogen (secondary N) is 2. The van der Waals surface area contributed by atoms with E-state index >= 15 is 0 Å². The van der Waals surface area contributed by atoms with E-state index in [0.717, 1.165) is 0 Å². The SMILES string of the molecule is CC1(C)C(O)NNC1O. The minimum atomic E-state index is -0.674. The predicted octanol–water partition coefficient (Wildman–Crippen LogP) is -1.24. The van der Waals surface area contributed by atoms with Crippen molar-refractivity contribution in [3.8, 4) is 0 Å². The molecule has 0 saturated carbocycles. The lowest BCUT2D eigenvalue weighted by Crippen LogP contribution is -2.35. The third kappa shape index (κ3) is 0.943. The van der Waals surface area contributed by atoms with E-state index in [1.165, 1.54) is 0 Å². The van der Waals surface area contributed by atoms with E-state index < -0.39 is 17.9 Å². The minimum absolute atomic E-state index is 0.500. The van der Waals surface area contributed by atoms with Crippen molar-refractivity contribution in [3.63, 3.8) is 0 Å². The molecule has 1 aliphatic rings. The molecule has 54 valence electrons. The van der Waals surface area contributed by atoms with Crippen LogP contribution in [0.25, 0.3) is 0 Å². The molecule has 0 amide bonds. The quantitative estimate of drug-likeness (QED) is 0.333. The molecule has 0 spiro atoms. The third-order valence-corrected chi connectivity index (χ3v) is 1.77. The average molecular weight is 132 g/mol. The molecule has 0 radical (unpaired) electrons.